The minimum atomic E-state index is -6.24. The Hall–Kier alpha value is -3.98. The van der Waals surface area contributed by atoms with Crippen LogP contribution >= 0.6 is 23.5 Å². The van der Waals surface area contributed by atoms with E-state index in [4.69, 9.17) is 28.4 Å². The molecule has 0 spiro atoms. The van der Waals surface area contributed by atoms with Crippen LogP contribution in [0.15, 0.2) is 58.3 Å². The first-order chi connectivity index (χ1) is 59.9. The fourth-order valence-electron chi connectivity index (χ4n) is 12.1. The Morgan fingerprint density at radius 2 is 0.447 bits per heavy atom. The summed E-state index contributed by atoms with van der Waals surface area (Å²) in [5, 5.41) is 5.14. The first-order valence-electron chi connectivity index (χ1n) is 35.0. The number of thioether (sulfide) groups is 2. The second-order valence-corrected chi connectivity index (χ2v) is 43.7. The van der Waals surface area contributed by atoms with Crippen molar-refractivity contribution in [1.82, 2.24) is 0 Å². The highest BCUT2D eigenvalue weighted by Gasteiger charge is 2.62. The Morgan fingerprint density at radius 1 is 0.250 bits per heavy atom. The zero-order valence-electron chi connectivity index (χ0n) is 64.7. The van der Waals surface area contributed by atoms with Crippen LogP contribution in [0.2, 0.25) is 0 Å². The van der Waals surface area contributed by atoms with Crippen molar-refractivity contribution in [1.29, 1.82) is 0 Å². The molecule has 4 fully saturated rings. The predicted molar refractivity (Wildman–Crippen MR) is 416 cm³/mol. The van der Waals surface area contributed by atoms with E-state index in [1.165, 1.54) is 24.3 Å². The summed E-state index contributed by atoms with van der Waals surface area (Å²) in [5.41, 5.74) is -4.51. The Morgan fingerprint density at radius 3 is 0.674 bits per heavy atom. The van der Waals surface area contributed by atoms with Crippen LogP contribution in [-0.4, -0.2) is 341 Å². The molecule has 2 aromatic rings. The number of anilines is 2. The number of amides is 2. The number of carbonyl (C=O) groups is 2. The van der Waals surface area contributed by atoms with E-state index in [0.717, 1.165) is 37.1 Å². The smallest absolute Gasteiger partial charge is 0.356 e. The second-order valence-electron chi connectivity index (χ2n) is 26.5. The molecule has 132 heavy (non-hydrogen) atoms. The van der Waals surface area contributed by atoms with Crippen LogP contribution in [0.3, 0.4) is 0 Å². The van der Waals surface area contributed by atoms with Crippen LogP contribution in [-0.2, 0) is 242 Å². The maximum Gasteiger partial charge on any atom is 0.397 e. The Kier molecular flexibility index (Phi) is 42.0. The molecule has 6 rings (SSSR count). The standard InChI is InChI=1S/C50H76N2O64S16/c53-33(51-25-13-17-27(18-14-25)117-49-45(115-131(91,92)93)39(109-125(73,74)75)35(29(103-49)21-97-119(55,56)57)105-47-43(113-129(85,86)87)41(111-127(79,80)81)37(107-123(67,68)69)31(101-47)23-99-121(61,62)63)11-9-7-5-3-1-2-4-6-8-10-12-34(54)52-26-15-19-28(20-16-26)118-50-46(116-132(94,95)96)40(110-126(76,77)78)36(30(104-50)22-98-120(58,59)60)106-48-44(114-130(88,89)90)42(112-128(82,83)84)38(108-124(70,71)72)32(102-48)24-100-122(64,65)66/h13-20,29-32,35-50H,1-12,21-24H2,(H,51,53)(H,52,54)(H,55,56,57)(H,58,59,60)(H,61,62,63)(H,64,65,66)(H,67,68,69)(H,70,71,72)(H,73,74,75)(H,76,77,78)(H,79,80,81)(H,82,83,84)(H,85,86,87)(H,88,89,90)(H,91,92,93)(H,94,95,96)/t29-,30-,31-,32-,35-,36-,37-,38-,39+,40+,41+,42+,43-,44-,45-,46-,47-,48-,49+,50+/m1/s1. The number of rotatable bonds is 55. The number of carbonyl (C=O) groups excluding carboxylic acids is 2. The highest BCUT2D eigenvalue weighted by molar-refractivity contribution is 8.00. The van der Waals surface area contributed by atoms with Crippen molar-refractivity contribution in [3.8, 4) is 0 Å². The van der Waals surface area contributed by atoms with Crippen LogP contribution in [0.1, 0.15) is 77.0 Å². The molecule has 0 saturated carbocycles. The average molecular weight is 2240 g/mol. The largest absolute Gasteiger partial charge is 0.397 e. The molecule has 2 amide bonds. The topological polar surface area (TPSA) is 1000 Å². The van der Waals surface area contributed by atoms with Gasteiger partial charge < -0.3 is 39.1 Å². The summed E-state index contributed by atoms with van der Waals surface area (Å²) in [6, 6.07) is 9.32. The summed E-state index contributed by atoms with van der Waals surface area (Å²) in [6.07, 6.45) is -49.4. The van der Waals surface area contributed by atoms with Crippen molar-refractivity contribution < 1.29 is 278 Å². The quantitative estimate of drug-likeness (QED) is 0.0221. The van der Waals surface area contributed by atoms with Crippen molar-refractivity contribution in [2.75, 3.05) is 37.1 Å². The number of hydrogen-bond donors (Lipinski definition) is 16. The van der Waals surface area contributed by atoms with Crippen molar-refractivity contribution in [3.63, 3.8) is 0 Å². The molecule has 0 aromatic heterocycles. The van der Waals surface area contributed by atoms with Crippen molar-refractivity contribution in [3.05, 3.63) is 48.5 Å². The lowest BCUT2D eigenvalue weighted by atomic mass is 9.97. The zero-order chi connectivity index (χ0) is 100.0. The van der Waals surface area contributed by atoms with Gasteiger partial charge >= 0.3 is 146 Å². The molecule has 4 heterocycles. The van der Waals surface area contributed by atoms with Gasteiger partial charge in [0.05, 0.1) is 26.4 Å². The van der Waals surface area contributed by atoms with Gasteiger partial charge in [-0.2, -0.15) is 118 Å². The number of nitrogens with one attached hydrogen (secondary N) is 2. The molecule has 0 unspecified atom stereocenters. The highest BCUT2D eigenvalue weighted by atomic mass is 32.3. The molecule has 0 aliphatic carbocycles. The van der Waals surface area contributed by atoms with Gasteiger partial charge in [-0.25, -0.2) is 58.6 Å². The molecule has 20 atom stereocenters. The molecular formula is C50H76N2O64S16. The summed E-state index contributed by atoms with van der Waals surface area (Å²) >= 11 is 0.442. The summed E-state index contributed by atoms with van der Waals surface area (Å²) < 4.78 is 568. The van der Waals surface area contributed by atoms with Gasteiger partial charge in [0.25, 0.3) is 0 Å². The first-order valence-corrected chi connectivity index (χ1v) is 55.9. The van der Waals surface area contributed by atoms with Crippen molar-refractivity contribution >= 4 is 192 Å². The van der Waals surface area contributed by atoms with Gasteiger partial charge in [0, 0.05) is 34.0 Å². The normalized spacial score (nSPS) is 27.5. The van der Waals surface area contributed by atoms with E-state index in [1.807, 2.05) is 0 Å². The molecule has 82 heteroatoms. The second kappa shape index (κ2) is 47.5. The Balaban J connectivity index is 1.05. The van der Waals surface area contributed by atoms with E-state index in [2.05, 4.69) is 69.2 Å². The molecule has 66 nitrogen and oxygen atoms in total. The molecule has 0 radical (unpaired) electrons. The van der Waals surface area contributed by atoms with E-state index >= 15 is 0 Å². The van der Waals surface area contributed by atoms with E-state index in [-0.39, 0.29) is 57.5 Å². The average Bonchev–Trinajstić information content (AvgIpc) is 0.756. The van der Waals surface area contributed by atoms with E-state index in [9.17, 15) is 191 Å². The predicted octanol–water partition coefficient (Wildman–Crippen LogP) is -4.04. The molecule has 4 saturated heterocycles. The van der Waals surface area contributed by atoms with E-state index in [0.29, 0.717) is 51.4 Å². The number of unbranched alkanes of at least 4 members (excludes halogenated alkanes) is 9. The van der Waals surface area contributed by atoms with Gasteiger partial charge in [-0.1, -0.05) is 74.9 Å². The summed E-state index contributed by atoms with van der Waals surface area (Å²) in [7, 11) is -84.5. The van der Waals surface area contributed by atoms with Crippen LogP contribution < -0.4 is 10.6 Å². The van der Waals surface area contributed by atoms with Gasteiger partial charge in [-0.15, -0.1) is 0 Å². The Bertz CT molecular complexity index is 5620. The number of benzene rings is 2. The summed E-state index contributed by atoms with van der Waals surface area (Å²) in [5.74, 6) is -1.08. The van der Waals surface area contributed by atoms with Gasteiger partial charge in [0.2, 0.25) is 11.8 Å². The summed E-state index contributed by atoms with van der Waals surface area (Å²) in [4.78, 5) is 25.7. The zero-order valence-corrected chi connectivity index (χ0v) is 77.7. The molecule has 16 N–H and O–H groups in total. The molecule has 0 bridgehead atoms. The van der Waals surface area contributed by atoms with E-state index in [1.54, 1.807) is 0 Å². The van der Waals surface area contributed by atoms with Crippen molar-refractivity contribution in [2.24, 2.45) is 0 Å². The lowest BCUT2D eigenvalue weighted by molar-refractivity contribution is -0.325. The van der Waals surface area contributed by atoms with Gasteiger partial charge in [-0.3, -0.25) is 73.3 Å². The van der Waals surface area contributed by atoms with Gasteiger partial charge in [0.15, 0.2) is 24.8 Å². The fraction of sp³-hybridized carbons (Fsp3) is 0.720. The third-order valence-corrected chi connectivity index (χ3v) is 25.3. The number of hydrogen-bond acceptors (Lipinski definition) is 52. The minimum Gasteiger partial charge on any atom is -0.356 e. The van der Waals surface area contributed by atoms with Crippen LogP contribution in [0, 0.1) is 0 Å². The van der Waals surface area contributed by atoms with E-state index < -0.39 is 305 Å². The SMILES string of the molecule is O=C(CCCCCCCCCCCCC(=O)Nc1ccc(S[C@@H]2O[C@H](COS(=O)(=O)O)[C@@H](O[C@H]3O[C@H](COS(=O)(=O)O)[C@@H](OS(=O)(=O)O)[C@H](OS(=O)(=O)O)[C@H]3OS(=O)(=O)O)[C@H](OS(=O)(=O)O)[C@H]2OS(=O)(=O)O)cc1)Nc1ccc(S[C@@H]2O[C@H](COS(=O)(=O)O)[C@@H](O[C@H]3O[C@H](COS(=O)(=O)O)[C@@H](OS(=O)(=O)O)[C@H](OS(=O)(=O)O)[C@H]3OS(=O)(=O)O)[C@H](OS(=O)(=O)O)[C@H]2OS(=O)(=O)O)cc1. The van der Waals surface area contributed by atoms with Crippen LogP contribution in [0.4, 0.5) is 11.4 Å². The molecule has 4 aliphatic rings. The molecule has 766 valence electrons. The van der Waals surface area contributed by atoms with Crippen LogP contribution in [0.5, 0.6) is 0 Å². The lowest BCUT2D eigenvalue weighted by Gasteiger charge is -2.48. The highest BCUT2D eigenvalue weighted by Crippen LogP contribution is 2.45. The minimum absolute atomic E-state index is 0.0500. The molecular weight excluding hydrogens is 2170 g/mol. The van der Waals surface area contributed by atoms with Gasteiger partial charge in [0.1, 0.15) is 96.3 Å². The number of ether oxygens (including phenoxy) is 6. The monoisotopic (exact) mass is 2240 g/mol. The third-order valence-electron chi connectivity index (χ3n) is 16.6. The van der Waals surface area contributed by atoms with Gasteiger partial charge in [-0.05, 0) is 61.4 Å². The maximum atomic E-state index is 13.0. The molecule has 4 aliphatic heterocycles. The fourth-order valence-corrected chi connectivity index (χ4v) is 20.7. The summed E-state index contributed by atoms with van der Waals surface area (Å²) in [6.45, 7) is -7.37. The molecule has 2 aromatic carbocycles. The third kappa shape index (κ3) is 45.1. The van der Waals surface area contributed by atoms with Crippen molar-refractivity contribution in [2.45, 2.75) is 208 Å². The Labute approximate surface area is 758 Å². The van der Waals surface area contributed by atoms with Crippen LogP contribution in [0.25, 0.3) is 0 Å². The first kappa shape index (κ1) is 117. The maximum absolute atomic E-state index is 13.0. The lowest BCUT2D eigenvalue weighted by Crippen LogP contribution is -2.66.